The van der Waals surface area contributed by atoms with E-state index in [1.165, 1.54) is 4.90 Å². The Labute approximate surface area is 130 Å². The van der Waals surface area contributed by atoms with Gasteiger partial charge in [-0.1, -0.05) is 18.2 Å². The first-order valence-electron chi connectivity index (χ1n) is 7.08. The molecule has 22 heavy (non-hydrogen) atoms. The fourth-order valence-corrected chi connectivity index (χ4v) is 1.58. The number of hydrogen-bond donors (Lipinski definition) is 2. The van der Waals surface area contributed by atoms with Crippen molar-refractivity contribution in [3.05, 3.63) is 30.3 Å². The molecule has 0 saturated heterocycles. The molecule has 0 spiro atoms. The lowest BCUT2D eigenvalue weighted by atomic mass is 10.3. The molecule has 1 aromatic rings. The molecule has 0 saturated carbocycles. The lowest BCUT2D eigenvalue weighted by Gasteiger charge is -2.21. The summed E-state index contributed by atoms with van der Waals surface area (Å²) in [5.41, 5.74) is 0. The van der Waals surface area contributed by atoms with E-state index in [1.807, 2.05) is 0 Å². The number of benzene rings is 1. The van der Waals surface area contributed by atoms with Crippen molar-refractivity contribution in [2.75, 3.05) is 52.7 Å². The third kappa shape index (κ3) is 7.94. The van der Waals surface area contributed by atoms with Crippen LogP contribution in [0.4, 0.5) is 4.79 Å². The molecular weight excluding hydrogens is 290 g/mol. The minimum absolute atomic E-state index is 0.0664. The van der Waals surface area contributed by atoms with Crippen LogP contribution in [0.2, 0.25) is 0 Å². The molecule has 1 aromatic carbocycles. The summed E-state index contributed by atoms with van der Waals surface area (Å²) in [6, 6.07) is 9.63. The molecule has 1 amide bonds. The van der Waals surface area contributed by atoms with E-state index in [1.54, 1.807) is 24.3 Å². The Morgan fingerprint density at radius 3 is 2.18 bits per heavy atom. The average Bonchev–Trinajstić information content (AvgIpc) is 2.54. The van der Waals surface area contributed by atoms with Gasteiger partial charge in [0.15, 0.2) is 0 Å². The molecule has 0 unspecified atom stereocenters. The van der Waals surface area contributed by atoms with E-state index in [2.05, 4.69) is 6.07 Å². The van der Waals surface area contributed by atoms with E-state index in [0.29, 0.717) is 18.8 Å². The van der Waals surface area contributed by atoms with Gasteiger partial charge in [-0.3, -0.25) is 0 Å². The first-order chi connectivity index (χ1) is 10.8. The molecular formula is C15H22NO6. The van der Waals surface area contributed by atoms with Gasteiger partial charge >= 0.3 is 6.09 Å². The van der Waals surface area contributed by atoms with Gasteiger partial charge in [0.05, 0.1) is 39.6 Å². The van der Waals surface area contributed by atoms with Crippen molar-refractivity contribution >= 4 is 6.09 Å². The monoisotopic (exact) mass is 312 g/mol. The van der Waals surface area contributed by atoms with E-state index >= 15 is 0 Å². The Balaban J connectivity index is 2.45. The normalized spacial score (nSPS) is 10.5. The number of ether oxygens (including phenoxy) is 3. The molecule has 0 aromatic heterocycles. The van der Waals surface area contributed by atoms with Gasteiger partial charge in [-0.15, -0.1) is 0 Å². The summed E-state index contributed by atoms with van der Waals surface area (Å²) in [5.74, 6) is 0.338. The number of rotatable bonds is 11. The van der Waals surface area contributed by atoms with Gasteiger partial charge in [0.2, 0.25) is 0 Å². The SMILES string of the molecule is O=C(Oc1[c]cccc1)N(CCOCCO)CCOCCO. The van der Waals surface area contributed by atoms with Gasteiger partial charge in [-0.2, -0.15) is 0 Å². The molecule has 0 atom stereocenters. The van der Waals surface area contributed by atoms with Crippen molar-refractivity contribution in [2.45, 2.75) is 0 Å². The molecule has 7 heteroatoms. The van der Waals surface area contributed by atoms with Crippen LogP contribution >= 0.6 is 0 Å². The fraction of sp³-hybridized carbons (Fsp3) is 0.533. The van der Waals surface area contributed by atoms with Crippen LogP contribution in [0.15, 0.2) is 24.3 Å². The zero-order chi connectivity index (χ0) is 16.0. The number of aliphatic hydroxyl groups excluding tert-OH is 2. The van der Waals surface area contributed by atoms with Crippen LogP contribution < -0.4 is 4.74 Å². The molecule has 0 aliphatic rings. The number of aliphatic hydroxyl groups is 2. The smallest absolute Gasteiger partial charge is 0.410 e. The van der Waals surface area contributed by atoms with Crippen molar-refractivity contribution in [3.63, 3.8) is 0 Å². The largest absolute Gasteiger partial charge is 0.415 e. The second-order valence-corrected chi connectivity index (χ2v) is 4.25. The summed E-state index contributed by atoms with van der Waals surface area (Å²) in [5, 5.41) is 17.3. The number of amides is 1. The minimum atomic E-state index is -0.525. The molecule has 0 heterocycles. The van der Waals surface area contributed by atoms with Gasteiger partial charge in [-0.05, 0) is 6.07 Å². The summed E-state index contributed by atoms with van der Waals surface area (Å²) in [4.78, 5) is 13.6. The van der Waals surface area contributed by atoms with Crippen LogP contribution in [0.5, 0.6) is 5.75 Å². The third-order valence-corrected chi connectivity index (χ3v) is 2.62. The highest BCUT2D eigenvalue weighted by atomic mass is 16.6. The fourth-order valence-electron chi connectivity index (χ4n) is 1.58. The Bertz CT molecular complexity index is 388. The Morgan fingerprint density at radius 2 is 1.68 bits per heavy atom. The highest BCUT2D eigenvalue weighted by molar-refractivity contribution is 5.70. The Morgan fingerprint density at radius 1 is 1.05 bits per heavy atom. The predicted octanol–water partition coefficient (Wildman–Crippen LogP) is 0.305. The molecule has 123 valence electrons. The lowest BCUT2D eigenvalue weighted by molar-refractivity contribution is 0.0520. The summed E-state index contributed by atoms with van der Waals surface area (Å²) in [7, 11) is 0. The van der Waals surface area contributed by atoms with Gasteiger partial charge in [0.25, 0.3) is 0 Å². The predicted molar refractivity (Wildman–Crippen MR) is 78.7 cm³/mol. The standard InChI is InChI=1S/C15H22NO6/c17-8-12-20-10-6-16(7-11-21-13-9-18)15(19)22-14-4-2-1-3-5-14/h1-4,17-18H,6-13H2. The van der Waals surface area contributed by atoms with E-state index < -0.39 is 6.09 Å². The number of para-hydroxylation sites is 1. The Kier molecular flexibility index (Phi) is 9.97. The molecule has 1 rings (SSSR count). The molecule has 0 aliphatic carbocycles. The van der Waals surface area contributed by atoms with Gasteiger partial charge < -0.3 is 29.3 Å². The average molecular weight is 312 g/mol. The molecule has 2 N–H and O–H groups in total. The molecule has 0 fully saturated rings. The van der Waals surface area contributed by atoms with Gasteiger partial charge in [-0.25, -0.2) is 4.79 Å². The van der Waals surface area contributed by atoms with Crippen molar-refractivity contribution < 1.29 is 29.2 Å². The second kappa shape index (κ2) is 11.9. The summed E-state index contributed by atoms with van der Waals surface area (Å²) in [6.07, 6.45) is -0.525. The van der Waals surface area contributed by atoms with Crippen LogP contribution in [0, 0.1) is 6.07 Å². The van der Waals surface area contributed by atoms with Crippen LogP contribution in [0.3, 0.4) is 0 Å². The topological polar surface area (TPSA) is 88.5 Å². The number of hydrogen-bond acceptors (Lipinski definition) is 6. The Hall–Kier alpha value is -1.67. The van der Waals surface area contributed by atoms with Crippen molar-refractivity contribution in [3.8, 4) is 5.75 Å². The molecule has 1 radical (unpaired) electrons. The van der Waals surface area contributed by atoms with Crippen molar-refractivity contribution in [1.29, 1.82) is 0 Å². The van der Waals surface area contributed by atoms with Crippen LogP contribution in [-0.4, -0.2) is 73.9 Å². The van der Waals surface area contributed by atoms with E-state index in [-0.39, 0.29) is 39.6 Å². The van der Waals surface area contributed by atoms with Crippen LogP contribution in [0.25, 0.3) is 0 Å². The molecule has 7 nitrogen and oxygen atoms in total. The maximum absolute atomic E-state index is 12.1. The second-order valence-electron chi connectivity index (χ2n) is 4.25. The lowest BCUT2D eigenvalue weighted by Crippen LogP contribution is -2.38. The van der Waals surface area contributed by atoms with Crippen molar-refractivity contribution in [1.82, 2.24) is 4.90 Å². The maximum atomic E-state index is 12.1. The van der Waals surface area contributed by atoms with E-state index in [9.17, 15) is 4.79 Å². The zero-order valence-corrected chi connectivity index (χ0v) is 12.4. The number of carbonyl (C=O) groups excluding carboxylic acids is 1. The highest BCUT2D eigenvalue weighted by Gasteiger charge is 2.15. The summed E-state index contributed by atoms with van der Waals surface area (Å²) >= 11 is 0. The first kappa shape index (κ1) is 18.4. The third-order valence-electron chi connectivity index (χ3n) is 2.62. The molecule has 0 bridgehead atoms. The minimum Gasteiger partial charge on any atom is -0.410 e. The highest BCUT2D eigenvalue weighted by Crippen LogP contribution is 2.09. The van der Waals surface area contributed by atoms with Gasteiger partial charge in [0, 0.05) is 19.2 Å². The molecule has 0 aliphatic heterocycles. The van der Waals surface area contributed by atoms with Crippen molar-refractivity contribution in [2.24, 2.45) is 0 Å². The quantitative estimate of drug-likeness (QED) is 0.572. The maximum Gasteiger partial charge on any atom is 0.415 e. The van der Waals surface area contributed by atoms with Crippen LogP contribution in [0.1, 0.15) is 0 Å². The number of carbonyl (C=O) groups is 1. The zero-order valence-electron chi connectivity index (χ0n) is 12.4. The van der Waals surface area contributed by atoms with Gasteiger partial charge in [0.1, 0.15) is 5.75 Å². The van der Waals surface area contributed by atoms with Crippen LogP contribution in [-0.2, 0) is 9.47 Å². The van der Waals surface area contributed by atoms with E-state index in [4.69, 9.17) is 24.4 Å². The first-order valence-corrected chi connectivity index (χ1v) is 7.08. The number of nitrogens with zero attached hydrogens (tertiary/aromatic N) is 1. The van der Waals surface area contributed by atoms with E-state index in [0.717, 1.165) is 0 Å². The summed E-state index contributed by atoms with van der Waals surface area (Å²) < 4.78 is 15.5. The summed E-state index contributed by atoms with van der Waals surface area (Å²) in [6.45, 7) is 1.50.